The Kier molecular flexibility index (Phi) is 6.08. The maximum atomic E-state index is 13.5. The van der Waals surface area contributed by atoms with Gasteiger partial charge in [0.1, 0.15) is 11.5 Å². The van der Waals surface area contributed by atoms with Gasteiger partial charge in [0.05, 0.1) is 12.1 Å². The van der Waals surface area contributed by atoms with Gasteiger partial charge < -0.3 is 10.2 Å². The number of nitrogens with zero attached hydrogens (tertiary/aromatic N) is 3. The summed E-state index contributed by atoms with van der Waals surface area (Å²) >= 11 is 0. The molecule has 2 aliphatic rings. The molecule has 7 heteroatoms. The van der Waals surface area contributed by atoms with Gasteiger partial charge in [-0.2, -0.15) is 0 Å². The van der Waals surface area contributed by atoms with Crippen molar-refractivity contribution in [2.24, 2.45) is 0 Å². The lowest BCUT2D eigenvalue weighted by atomic mass is 10.0. The number of rotatable bonds is 6. The van der Waals surface area contributed by atoms with Crippen LogP contribution in [0, 0.1) is 5.82 Å². The second kappa shape index (κ2) is 9.47. The number of imide groups is 1. The van der Waals surface area contributed by atoms with Crippen LogP contribution in [0.2, 0.25) is 0 Å². The molecule has 2 amide bonds. The van der Waals surface area contributed by atoms with E-state index in [1.165, 1.54) is 48.4 Å². The third kappa shape index (κ3) is 4.41. The van der Waals surface area contributed by atoms with E-state index in [9.17, 15) is 14.0 Å². The molecule has 172 valence electrons. The first-order chi connectivity index (χ1) is 16.6. The topological polar surface area (TPSA) is 65.5 Å². The van der Waals surface area contributed by atoms with E-state index in [-0.39, 0.29) is 17.8 Å². The summed E-state index contributed by atoms with van der Waals surface area (Å²) in [5.41, 5.74) is 3.50. The van der Waals surface area contributed by atoms with Gasteiger partial charge in [-0.05, 0) is 72.9 Å². The normalized spacial score (nSPS) is 16.4. The zero-order valence-corrected chi connectivity index (χ0v) is 18.7. The summed E-state index contributed by atoms with van der Waals surface area (Å²) in [7, 11) is 0. The van der Waals surface area contributed by atoms with E-state index < -0.39 is 17.6 Å². The molecule has 1 fully saturated rings. The smallest absolute Gasteiger partial charge is 0.278 e. The monoisotopic (exact) mass is 456 g/mol. The molecule has 34 heavy (non-hydrogen) atoms. The lowest BCUT2D eigenvalue weighted by molar-refractivity contribution is -0.137. The van der Waals surface area contributed by atoms with Crippen molar-refractivity contribution in [3.05, 3.63) is 95.7 Å². The summed E-state index contributed by atoms with van der Waals surface area (Å²) in [6.45, 7) is 2.20. The van der Waals surface area contributed by atoms with Crippen LogP contribution in [0.5, 0.6) is 0 Å². The number of piperidine rings is 1. The van der Waals surface area contributed by atoms with E-state index in [4.69, 9.17) is 0 Å². The second-order valence-electron chi connectivity index (χ2n) is 8.53. The van der Waals surface area contributed by atoms with Crippen LogP contribution in [-0.4, -0.2) is 34.8 Å². The summed E-state index contributed by atoms with van der Waals surface area (Å²) in [6.07, 6.45) is 6.92. The van der Waals surface area contributed by atoms with E-state index >= 15 is 0 Å². The minimum Gasteiger partial charge on any atom is -0.372 e. The number of aromatic nitrogens is 1. The Bertz CT molecular complexity index is 1220. The van der Waals surface area contributed by atoms with E-state index in [1.807, 2.05) is 30.3 Å². The number of pyridine rings is 1. The Balaban J connectivity index is 1.45. The van der Waals surface area contributed by atoms with E-state index in [1.54, 1.807) is 18.5 Å². The molecule has 0 bridgehead atoms. The number of hydrogen-bond acceptors (Lipinski definition) is 5. The van der Waals surface area contributed by atoms with Crippen LogP contribution < -0.4 is 10.2 Å². The SMILES string of the molecule is O=C1C(Nc2ccc(N3CCCCC3)cc2)=C(c2ccc(F)cc2)C(=O)N1Cc1cccnc1. The van der Waals surface area contributed by atoms with Gasteiger partial charge in [0.25, 0.3) is 11.8 Å². The van der Waals surface area contributed by atoms with Crippen LogP contribution in [0.15, 0.2) is 78.8 Å². The number of amides is 2. The molecule has 0 radical (unpaired) electrons. The molecule has 5 rings (SSSR count). The van der Waals surface area contributed by atoms with Gasteiger partial charge in [0.15, 0.2) is 0 Å². The van der Waals surface area contributed by atoms with Gasteiger partial charge >= 0.3 is 0 Å². The lowest BCUT2D eigenvalue weighted by Crippen LogP contribution is -2.32. The van der Waals surface area contributed by atoms with E-state index in [0.29, 0.717) is 11.3 Å². The van der Waals surface area contributed by atoms with Crippen LogP contribution in [-0.2, 0) is 16.1 Å². The minimum atomic E-state index is -0.423. The summed E-state index contributed by atoms with van der Waals surface area (Å²) in [6, 6.07) is 17.1. The molecule has 3 aromatic rings. The fourth-order valence-corrected chi connectivity index (χ4v) is 4.45. The molecule has 1 N–H and O–H groups in total. The Morgan fingerprint density at radius 3 is 2.29 bits per heavy atom. The van der Waals surface area contributed by atoms with Crippen molar-refractivity contribution >= 4 is 28.8 Å². The van der Waals surface area contributed by atoms with Gasteiger partial charge in [-0.3, -0.25) is 19.5 Å². The second-order valence-corrected chi connectivity index (χ2v) is 8.53. The van der Waals surface area contributed by atoms with Crippen LogP contribution in [0.3, 0.4) is 0 Å². The zero-order chi connectivity index (χ0) is 23.5. The van der Waals surface area contributed by atoms with Crippen LogP contribution >= 0.6 is 0 Å². The maximum absolute atomic E-state index is 13.5. The molecule has 0 aliphatic carbocycles. The van der Waals surface area contributed by atoms with Gasteiger partial charge in [0.2, 0.25) is 0 Å². The summed E-state index contributed by atoms with van der Waals surface area (Å²) in [5.74, 6) is -1.25. The highest BCUT2D eigenvalue weighted by molar-refractivity contribution is 6.36. The molecule has 0 saturated carbocycles. The highest BCUT2D eigenvalue weighted by Crippen LogP contribution is 2.32. The predicted octanol–water partition coefficient (Wildman–Crippen LogP) is 4.60. The molecule has 3 heterocycles. The van der Waals surface area contributed by atoms with Crippen LogP contribution in [0.25, 0.3) is 5.57 Å². The van der Waals surface area contributed by atoms with Crippen molar-refractivity contribution in [3.8, 4) is 0 Å². The molecule has 2 aliphatic heterocycles. The highest BCUT2D eigenvalue weighted by Gasteiger charge is 2.39. The van der Waals surface area contributed by atoms with Gasteiger partial charge in [-0.1, -0.05) is 18.2 Å². The minimum absolute atomic E-state index is 0.106. The standard InChI is InChI=1S/C27H25FN4O2/c28-21-8-6-20(7-9-21)24-25(27(34)32(26(24)33)18-19-5-4-14-29-17-19)30-22-10-12-23(13-11-22)31-15-2-1-3-16-31/h4-14,17,30H,1-3,15-16,18H2. The summed E-state index contributed by atoms with van der Waals surface area (Å²) < 4.78 is 13.5. The van der Waals surface area contributed by atoms with Crippen molar-refractivity contribution < 1.29 is 14.0 Å². The fourth-order valence-electron chi connectivity index (χ4n) is 4.45. The van der Waals surface area contributed by atoms with Crippen molar-refractivity contribution in [1.82, 2.24) is 9.88 Å². The quantitative estimate of drug-likeness (QED) is 0.549. The Morgan fingerprint density at radius 2 is 1.62 bits per heavy atom. The number of halogens is 1. The first-order valence-corrected chi connectivity index (χ1v) is 11.5. The molecular formula is C27H25FN4O2. The van der Waals surface area contributed by atoms with Gasteiger partial charge in [-0.15, -0.1) is 0 Å². The third-order valence-electron chi connectivity index (χ3n) is 6.22. The number of hydrogen-bond donors (Lipinski definition) is 1. The molecule has 6 nitrogen and oxygen atoms in total. The average Bonchev–Trinajstić information content (AvgIpc) is 3.10. The maximum Gasteiger partial charge on any atom is 0.278 e. The Labute approximate surface area is 197 Å². The first kappa shape index (κ1) is 21.8. The van der Waals surface area contributed by atoms with Crippen LogP contribution in [0.4, 0.5) is 15.8 Å². The zero-order valence-electron chi connectivity index (χ0n) is 18.7. The van der Waals surface area contributed by atoms with Crippen molar-refractivity contribution in [2.45, 2.75) is 25.8 Å². The summed E-state index contributed by atoms with van der Waals surface area (Å²) in [5, 5.41) is 3.17. The Hall–Kier alpha value is -4.00. The molecule has 1 aromatic heterocycles. The number of anilines is 2. The molecule has 2 aromatic carbocycles. The molecule has 1 saturated heterocycles. The number of benzene rings is 2. The highest BCUT2D eigenvalue weighted by atomic mass is 19.1. The largest absolute Gasteiger partial charge is 0.372 e. The Morgan fingerprint density at radius 1 is 0.882 bits per heavy atom. The molecule has 0 atom stereocenters. The summed E-state index contributed by atoms with van der Waals surface area (Å²) in [4.78, 5) is 34.4. The number of carbonyl (C=O) groups is 2. The number of carbonyl (C=O) groups excluding carboxylic acids is 2. The molecule has 0 spiro atoms. The van der Waals surface area contributed by atoms with E-state index in [0.717, 1.165) is 24.3 Å². The van der Waals surface area contributed by atoms with Gasteiger partial charge in [0, 0.05) is 36.9 Å². The molecular weight excluding hydrogens is 431 g/mol. The van der Waals surface area contributed by atoms with E-state index in [2.05, 4.69) is 15.2 Å². The third-order valence-corrected chi connectivity index (χ3v) is 6.22. The average molecular weight is 457 g/mol. The predicted molar refractivity (Wildman–Crippen MR) is 129 cm³/mol. The number of nitrogens with one attached hydrogen (secondary N) is 1. The van der Waals surface area contributed by atoms with Crippen molar-refractivity contribution in [1.29, 1.82) is 0 Å². The molecule has 0 unspecified atom stereocenters. The van der Waals surface area contributed by atoms with Crippen molar-refractivity contribution in [3.63, 3.8) is 0 Å². The lowest BCUT2D eigenvalue weighted by Gasteiger charge is -2.28. The van der Waals surface area contributed by atoms with Crippen molar-refractivity contribution in [2.75, 3.05) is 23.3 Å². The van der Waals surface area contributed by atoms with Gasteiger partial charge in [-0.25, -0.2) is 4.39 Å². The first-order valence-electron chi connectivity index (χ1n) is 11.5. The fraction of sp³-hybridized carbons (Fsp3) is 0.222. The van der Waals surface area contributed by atoms with Crippen LogP contribution in [0.1, 0.15) is 30.4 Å².